The number of methoxy groups -OCH3 is 2. The molecule has 0 aromatic heterocycles. The zero-order valence-corrected chi connectivity index (χ0v) is 13.5. The van der Waals surface area contributed by atoms with Crippen LogP contribution < -0.4 is 9.47 Å². The molecule has 0 saturated carbocycles. The summed E-state index contributed by atoms with van der Waals surface area (Å²) in [4.78, 5) is 0. The minimum atomic E-state index is 0.133. The van der Waals surface area contributed by atoms with Crippen molar-refractivity contribution >= 4 is 0 Å². The van der Waals surface area contributed by atoms with Crippen molar-refractivity contribution in [2.24, 2.45) is 0 Å². The Labute approximate surface area is 118 Å². The van der Waals surface area contributed by atoms with E-state index < -0.39 is 0 Å². The summed E-state index contributed by atoms with van der Waals surface area (Å²) in [6.45, 7) is 11.1. The third kappa shape index (κ3) is 3.05. The highest BCUT2D eigenvalue weighted by Gasteiger charge is 2.28. The zero-order chi connectivity index (χ0) is 14.6. The normalized spacial score (nSPS) is 11.8. The summed E-state index contributed by atoms with van der Waals surface area (Å²) >= 11 is 0. The Kier molecular flexibility index (Phi) is 5.28. The largest absolute Gasteiger partial charge is 0.496 e. The predicted octanol–water partition coefficient (Wildman–Crippen LogP) is 4.90. The van der Waals surface area contributed by atoms with Crippen LogP contribution in [0.2, 0.25) is 0 Å². The molecule has 0 amide bonds. The van der Waals surface area contributed by atoms with Crippen LogP contribution in [0.25, 0.3) is 0 Å². The Bertz CT molecular complexity index is 418. The van der Waals surface area contributed by atoms with E-state index in [1.54, 1.807) is 14.2 Å². The standard InChI is InChI=1S/C17H28O2/c1-8-17(5,9-2)14-11-15(18-6)13(12(3)4)10-16(14)19-7/h10-12H,8-9H2,1-7H3. The molecule has 108 valence electrons. The van der Waals surface area contributed by atoms with E-state index in [9.17, 15) is 0 Å². The molecule has 19 heavy (non-hydrogen) atoms. The number of benzene rings is 1. The second-order valence-electron chi connectivity index (χ2n) is 5.72. The summed E-state index contributed by atoms with van der Waals surface area (Å²) in [5, 5.41) is 0. The molecule has 0 spiro atoms. The SMILES string of the molecule is CCC(C)(CC)c1cc(OC)c(C(C)C)cc1OC. The van der Waals surface area contributed by atoms with Gasteiger partial charge >= 0.3 is 0 Å². The molecule has 0 heterocycles. The van der Waals surface area contributed by atoms with E-state index in [4.69, 9.17) is 9.47 Å². The summed E-state index contributed by atoms with van der Waals surface area (Å²) in [6, 6.07) is 4.31. The van der Waals surface area contributed by atoms with Gasteiger partial charge in [-0.3, -0.25) is 0 Å². The number of hydrogen-bond acceptors (Lipinski definition) is 2. The van der Waals surface area contributed by atoms with E-state index in [0.29, 0.717) is 5.92 Å². The molecule has 0 saturated heterocycles. The summed E-state index contributed by atoms with van der Waals surface area (Å²) in [5.41, 5.74) is 2.59. The fourth-order valence-electron chi connectivity index (χ4n) is 2.48. The van der Waals surface area contributed by atoms with Gasteiger partial charge in [0.2, 0.25) is 0 Å². The Morgan fingerprint density at radius 1 is 1.00 bits per heavy atom. The highest BCUT2D eigenvalue weighted by Crippen LogP contribution is 2.42. The molecule has 2 heteroatoms. The predicted molar refractivity (Wildman–Crippen MR) is 81.6 cm³/mol. The second-order valence-corrected chi connectivity index (χ2v) is 5.72. The minimum Gasteiger partial charge on any atom is -0.496 e. The van der Waals surface area contributed by atoms with Crippen LogP contribution in [0.15, 0.2) is 12.1 Å². The van der Waals surface area contributed by atoms with E-state index in [2.05, 4.69) is 46.8 Å². The molecule has 0 atom stereocenters. The molecule has 0 aliphatic heterocycles. The lowest BCUT2D eigenvalue weighted by molar-refractivity contribution is 0.363. The smallest absolute Gasteiger partial charge is 0.123 e. The first-order valence-corrected chi connectivity index (χ1v) is 7.19. The Morgan fingerprint density at radius 2 is 1.53 bits per heavy atom. The van der Waals surface area contributed by atoms with Crippen LogP contribution in [0.5, 0.6) is 11.5 Å². The molecule has 2 nitrogen and oxygen atoms in total. The number of ether oxygens (including phenoxy) is 2. The molecular weight excluding hydrogens is 236 g/mol. The molecule has 0 bridgehead atoms. The van der Waals surface area contributed by atoms with E-state index in [0.717, 1.165) is 24.3 Å². The molecule has 0 aliphatic rings. The van der Waals surface area contributed by atoms with Crippen LogP contribution >= 0.6 is 0 Å². The zero-order valence-electron chi connectivity index (χ0n) is 13.5. The maximum absolute atomic E-state index is 5.63. The van der Waals surface area contributed by atoms with Crippen LogP contribution in [0.3, 0.4) is 0 Å². The molecule has 0 N–H and O–H groups in total. The van der Waals surface area contributed by atoms with Gasteiger partial charge in [0.05, 0.1) is 14.2 Å². The van der Waals surface area contributed by atoms with Crippen molar-refractivity contribution < 1.29 is 9.47 Å². The van der Waals surface area contributed by atoms with Gasteiger partial charge in [-0.25, -0.2) is 0 Å². The summed E-state index contributed by atoms with van der Waals surface area (Å²) in [7, 11) is 3.49. The van der Waals surface area contributed by atoms with Crippen molar-refractivity contribution in [1.29, 1.82) is 0 Å². The Morgan fingerprint density at radius 3 is 1.89 bits per heavy atom. The van der Waals surface area contributed by atoms with Crippen molar-refractivity contribution in [2.45, 2.75) is 58.8 Å². The summed E-state index contributed by atoms with van der Waals surface area (Å²) in [5.74, 6) is 2.38. The van der Waals surface area contributed by atoms with Crippen molar-refractivity contribution in [3.8, 4) is 11.5 Å². The van der Waals surface area contributed by atoms with Crippen LogP contribution in [0, 0.1) is 0 Å². The van der Waals surface area contributed by atoms with Gasteiger partial charge < -0.3 is 9.47 Å². The van der Waals surface area contributed by atoms with Crippen LogP contribution in [0.1, 0.15) is 64.5 Å². The Balaban J connectivity index is 3.48. The highest BCUT2D eigenvalue weighted by molar-refractivity contribution is 5.50. The molecule has 1 rings (SSSR count). The van der Waals surface area contributed by atoms with Crippen molar-refractivity contribution in [3.05, 3.63) is 23.3 Å². The van der Waals surface area contributed by atoms with Gasteiger partial charge in [0.15, 0.2) is 0 Å². The summed E-state index contributed by atoms with van der Waals surface area (Å²) < 4.78 is 11.2. The molecule has 0 radical (unpaired) electrons. The van der Waals surface area contributed by atoms with Crippen LogP contribution in [0.4, 0.5) is 0 Å². The fraction of sp³-hybridized carbons (Fsp3) is 0.647. The van der Waals surface area contributed by atoms with E-state index in [1.807, 2.05) is 0 Å². The van der Waals surface area contributed by atoms with E-state index in [1.165, 1.54) is 11.1 Å². The first kappa shape index (κ1) is 15.9. The Hall–Kier alpha value is -1.18. The van der Waals surface area contributed by atoms with Gasteiger partial charge in [-0.05, 0) is 36.3 Å². The van der Waals surface area contributed by atoms with Crippen molar-refractivity contribution in [1.82, 2.24) is 0 Å². The third-order valence-electron chi connectivity index (χ3n) is 4.38. The van der Waals surface area contributed by atoms with Gasteiger partial charge in [-0.15, -0.1) is 0 Å². The fourth-order valence-corrected chi connectivity index (χ4v) is 2.48. The lowest BCUT2D eigenvalue weighted by atomic mass is 9.76. The topological polar surface area (TPSA) is 18.5 Å². The average Bonchev–Trinajstić information content (AvgIpc) is 2.44. The van der Waals surface area contributed by atoms with Gasteiger partial charge in [-0.2, -0.15) is 0 Å². The molecule has 1 aromatic rings. The number of hydrogen-bond donors (Lipinski definition) is 0. The van der Waals surface area contributed by atoms with Gasteiger partial charge in [0.1, 0.15) is 11.5 Å². The van der Waals surface area contributed by atoms with E-state index >= 15 is 0 Å². The van der Waals surface area contributed by atoms with Crippen molar-refractivity contribution in [3.63, 3.8) is 0 Å². The molecule has 0 aliphatic carbocycles. The molecule has 0 unspecified atom stereocenters. The van der Waals surface area contributed by atoms with Crippen LogP contribution in [-0.2, 0) is 5.41 Å². The van der Waals surface area contributed by atoms with E-state index in [-0.39, 0.29) is 5.41 Å². The van der Waals surface area contributed by atoms with Gasteiger partial charge in [0, 0.05) is 11.1 Å². The highest BCUT2D eigenvalue weighted by atomic mass is 16.5. The maximum Gasteiger partial charge on any atom is 0.123 e. The minimum absolute atomic E-state index is 0.133. The molecular formula is C17H28O2. The first-order chi connectivity index (χ1) is 8.93. The average molecular weight is 264 g/mol. The van der Waals surface area contributed by atoms with Gasteiger partial charge in [-0.1, -0.05) is 34.6 Å². The molecule has 1 aromatic carbocycles. The number of rotatable bonds is 6. The summed E-state index contributed by atoms with van der Waals surface area (Å²) in [6.07, 6.45) is 2.17. The molecule has 0 fully saturated rings. The lowest BCUT2D eigenvalue weighted by Gasteiger charge is -2.30. The second kappa shape index (κ2) is 6.31. The quantitative estimate of drug-likeness (QED) is 0.727. The third-order valence-corrected chi connectivity index (χ3v) is 4.38. The van der Waals surface area contributed by atoms with Gasteiger partial charge in [0.25, 0.3) is 0 Å². The van der Waals surface area contributed by atoms with Crippen LogP contribution in [-0.4, -0.2) is 14.2 Å². The monoisotopic (exact) mass is 264 g/mol. The first-order valence-electron chi connectivity index (χ1n) is 7.19. The lowest BCUT2D eigenvalue weighted by Crippen LogP contribution is -2.21. The van der Waals surface area contributed by atoms with Crippen molar-refractivity contribution in [2.75, 3.05) is 14.2 Å². The maximum atomic E-state index is 5.63.